The van der Waals surface area contributed by atoms with Crippen LogP contribution in [-0.4, -0.2) is 82.4 Å². The zero-order valence-electron chi connectivity index (χ0n) is 40.7. The van der Waals surface area contributed by atoms with Crippen molar-refractivity contribution in [2.75, 3.05) is 40.4 Å². The Morgan fingerprint density at radius 1 is 0.529 bits per heavy atom. The summed E-state index contributed by atoms with van der Waals surface area (Å²) in [7, 11) is 3.44. The van der Waals surface area contributed by atoms with Crippen LogP contribution in [0.5, 0.6) is 23.3 Å². The minimum atomic E-state index is -0.375. The first-order valence-corrected chi connectivity index (χ1v) is 25.6. The molecule has 0 spiro atoms. The topological polar surface area (TPSA) is 95.0 Å². The van der Waals surface area contributed by atoms with Crippen molar-refractivity contribution in [3.63, 3.8) is 0 Å². The third-order valence-corrected chi connectivity index (χ3v) is 16.7. The van der Waals surface area contributed by atoms with Gasteiger partial charge < -0.3 is 18.9 Å². The Morgan fingerprint density at radius 2 is 0.971 bits per heavy atom. The van der Waals surface area contributed by atoms with Crippen molar-refractivity contribution in [3.05, 3.63) is 145 Å². The number of benzene rings is 5. The van der Waals surface area contributed by atoms with Crippen LogP contribution in [0.4, 0.5) is 0 Å². The summed E-state index contributed by atoms with van der Waals surface area (Å²) >= 11 is 0. The second-order valence-corrected chi connectivity index (χ2v) is 20.2. The molecule has 356 valence electrons. The molecule has 6 aliphatic heterocycles. The van der Waals surface area contributed by atoms with E-state index in [0.29, 0.717) is 35.4 Å². The summed E-state index contributed by atoms with van der Waals surface area (Å²) in [6, 6.07) is 42.6. The van der Waals surface area contributed by atoms with E-state index in [1.165, 1.54) is 25.7 Å². The molecule has 9 heterocycles. The molecule has 0 saturated carbocycles. The van der Waals surface area contributed by atoms with Crippen LogP contribution in [0.1, 0.15) is 75.7 Å². The number of hydrogen-bond acceptors (Lipinski definition) is 10. The third-order valence-electron chi connectivity index (χ3n) is 16.7. The summed E-state index contributed by atoms with van der Waals surface area (Å²) in [5.74, 6) is 5.14. The molecular formula is C60H62N6O4. The van der Waals surface area contributed by atoms with Crippen molar-refractivity contribution in [3.8, 4) is 45.5 Å². The summed E-state index contributed by atoms with van der Waals surface area (Å²) in [4.78, 5) is 15.0. The minimum absolute atomic E-state index is 0.118. The third kappa shape index (κ3) is 8.08. The standard InChI is InChI=1S/C60H62N6O4/c1-5-37-35-65-27-23-41(37)29-55(65)57(45-21-25-61-53-19-17-43(67-3)31-49(45)53)69-59-51-33-47(39-13-9-7-10-14-39)48(40-15-11-8-12-16-40)34-52(51)60(64-63-59)70-58(56-30-42-24-28-66(56)36-38(42)6-2)46-22-26-62-54-20-18-44(68-4)32-50(46)54/h7-22,25-26,31-34,37-38,41-42,55-58H,5-6,23-24,27-30,35-36H2,1-4H3/t37-,38-,41-,42-,55-,56-,57+,58+/m0/s1. The SMILES string of the molecule is CC[C@H]1CN2CC[C@H]1C[C@H]2[C@H](Oc1nnc(O[C@H](c2ccnc3ccc(OC)cc23)[C@@H]2C[C@@H]3CCN2C[C@@H]3CC)c2cc(-c3ccccc3)c(-c3ccccc3)cc12)c1ccnc2ccc(OC)cc12. The highest BCUT2D eigenvalue weighted by Gasteiger charge is 2.46. The monoisotopic (exact) mass is 930 g/mol. The van der Waals surface area contributed by atoms with Crippen LogP contribution in [0.15, 0.2) is 134 Å². The van der Waals surface area contributed by atoms with E-state index in [0.717, 1.165) is 116 Å². The smallest absolute Gasteiger partial charge is 0.242 e. The average Bonchev–Trinajstić information content (AvgIpc) is 3.43. The number of methoxy groups -OCH3 is 2. The molecule has 14 rings (SSSR count). The number of fused-ring (bicyclic) bond motifs is 9. The second-order valence-electron chi connectivity index (χ2n) is 20.2. The lowest BCUT2D eigenvalue weighted by Gasteiger charge is -2.52. The highest BCUT2D eigenvalue weighted by atomic mass is 16.5. The van der Waals surface area contributed by atoms with Crippen molar-refractivity contribution >= 4 is 32.6 Å². The van der Waals surface area contributed by atoms with Gasteiger partial charge in [0.05, 0.1) is 48.1 Å². The Morgan fingerprint density at radius 3 is 1.36 bits per heavy atom. The Kier molecular flexibility index (Phi) is 12.1. The van der Waals surface area contributed by atoms with E-state index in [1.54, 1.807) is 14.2 Å². The summed E-state index contributed by atoms with van der Waals surface area (Å²) in [6.45, 7) is 8.90. The second kappa shape index (κ2) is 18.9. The maximum absolute atomic E-state index is 7.63. The van der Waals surface area contributed by atoms with Gasteiger partial charge in [-0.1, -0.05) is 87.4 Å². The van der Waals surface area contributed by atoms with Gasteiger partial charge in [-0.3, -0.25) is 19.8 Å². The van der Waals surface area contributed by atoms with Gasteiger partial charge in [0.1, 0.15) is 23.7 Å². The fourth-order valence-corrected chi connectivity index (χ4v) is 12.9. The fraction of sp³-hybridized carbons (Fsp3) is 0.367. The van der Waals surface area contributed by atoms with Crippen LogP contribution in [0.25, 0.3) is 54.8 Å². The first-order chi connectivity index (χ1) is 34.5. The Hall–Kier alpha value is -6.62. The molecule has 0 radical (unpaired) electrons. The van der Waals surface area contributed by atoms with Gasteiger partial charge in [-0.25, -0.2) is 0 Å². The van der Waals surface area contributed by atoms with Gasteiger partial charge in [0.2, 0.25) is 11.8 Å². The summed E-state index contributed by atoms with van der Waals surface area (Å²) in [5.41, 5.74) is 8.30. The number of rotatable bonds is 14. The first-order valence-electron chi connectivity index (χ1n) is 25.6. The Labute approximate surface area is 411 Å². The normalized spacial score (nSPS) is 24.7. The zero-order chi connectivity index (χ0) is 47.3. The molecule has 6 fully saturated rings. The molecule has 8 aromatic rings. The first kappa shape index (κ1) is 44.6. The molecule has 70 heavy (non-hydrogen) atoms. The summed E-state index contributed by atoms with van der Waals surface area (Å²) in [5, 5.41) is 14.1. The lowest BCUT2D eigenvalue weighted by molar-refractivity contribution is -0.0505. The summed E-state index contributed by atoms with van der Waals surface area (Å²) in [6.07, 6.45) is 9.96. The van der Waals surface area contributed by atoms with Gasteiger partial charge in [-0.05, 0) is 145 Å². The molecule has 10 heteroatoms. The Bertz CT molecular complexity index is 2960. The molecule has 10 atom stereocenters. The number of piperidine rings is 6. The van der Waals surface area contributed by atoms with Crippen molar-refractivity contribution in [2.24, 2.45) is 23.7 Å². The van der Waals surface area contributed by atoms with E-state index in [9.17, 15) is 0 Å². The van der Waals surface area contributed by atoms with Crippen molar-refractivity contribution in [2.45, 2.75) is 76.7 Å². The van der Waals surface area contributed by atoms with Gasteiger partial charge >= 0.3 is 0 Å². The molecule has 0 aliphatic carbocycles. The maximum atomic E-state index is 7.63. The molecule has 6 aliphatic rings. The lowest BCUT2D eigenvalue weighted by Crippen LogP contribution is -2.56. The molecule has 10 nitrogen and oxygen atoms in total. The number of ether oxygens (including phenoxy) is 4. The van der Waals surface area contributed by atoms with Gasteiger partial charge in [0.15, 0.2) is 0 Å². The molecule has 4 bridgehead atoms. The van der Waals surface area contributed by atoms with Crippen molar-refractivity contribution in [1.82, 2.24) is 30.0 Å². The van der Waals surface area contributed by atoms with Crippen LogP contribution in [0.3, 0.4) is 0 Å². The molecular weight excluding hydrogens is 869 g/mol. The van der Waals surface area contributed by atoms with E-state index in [-0.39, 0.29) is 24.3 Å². The van der Waals surface area contributed by atoms with E-state index >= 15 is 0 Å². The highest BCUT2D eigenvalue weighted by molar-refractivity contribution is 6.00. The van der Waals surface area contributed by atoms with E-state index in [1.807, 2.05) is 36.7 Å². The van der Waals surface area contributed by atoms with Crippen LogP contribution < -0.4 is 18.9 Å². The molecule has 3 aromatic heterocycles. The fourth-order valence-electron chi connectivity index (χ4n) is 12.9. The predicted octanol–water partition coefficient (Wildman–Crippen LogP) is 12.6. The van der Waals surface area contributed by atoms with Gasteiger partial charge in [0, 0.05) is 47.4 Å². The van der Waals surface area contributed by atoms with Crippen molar-refractivity contribution in [1.29, 1.82) is 0 Å². The number of nitrogens with zero attached hydrogens (tertiary/aromatic N) is 6. The molecule has 0 N–H and O–H groups in total. The van der Waals surface area contributed by atoms with Crippen LogP contribution >= 0.6 is 0 Å². The zero-order valence-corrected chi connectivity index (χ0v) is 40.7. The minimum Gasteiger partial charge on any atom is -0.497 e. The quantitative estimate of drug-likeness (QED) is 0.105. The number of hydrogen-bond donors (Lipinski definition) is 0. The molecule has 0 amide bonds. The summed E-state index contributed by atoms with van der Waals surface area (Å²) < 4.78 is 26.9. The molecule has 5 aromatic carbocycles. The molecule has 2 unspecified atom stereocenters. The largest absolute Gasteiger partial charge is 0.497 e. The van der Waals surface area contributed by atoms with Crippen LogP contribution in [0.2, 0.25) is 0 Å². The van der Waals surface area contributed by atoms with E-state index in [4.69, 9.17) is 39.1 Å². The van der Waals surface area contributed by atoms with Crippen LogP contribution in [-0.2, 0) is 0 Å². The average molecular weight is 931 g/mol. The van der Waals surface area contributed by atoms with Crippen LogP contribution in [0, 0.1) is 23.7 Å². The van der Waals surface area contributed by atoms with E-state index < -0.39 is 0 Å². The highest BCUT2D eigenvalue weighted by Crippen LogP contribution is 2.49. The lowest BCUT2D eigenvalue weighted by atomic mass is 9.72. The number of pyridine rings is 2. The van der Waals surface area contributed by atoms with Gasteiger partial charge in [0.25, 0.3) is 0 Å². The van der Waals surface area contributed by atoms with Gasteiger partial charge in [-0.2, -0.15) is 0 Å². The molecule has 6 saturated heterocycles. The Balaban J connectivity index is 1.06. The van der Waals surface area contributed by atoms with Gasteiger partial charge in [-0.15, -0.1) is 10.2 Å². The predicted molar refractivity (Wildman–Crippen MR) is 277 cm³/mol. The van der Waals surface area contributed by atoms with Crippen molar-refractivity contribution < 1.29 is 18.9 Å². The number of aromatic nitrogens is 4. The van der Waals surface area contributed by atoms with E-state index in [2.05, 4.69) is 121 Å². The maximum Gasteiger partial charge on any atom is 0.242 e.